The maximum absolute atomic E-state index is 13.8. The van der Waals surface area contributed by atoms with Crippen LogP contribution in [0.3, 0.4) is 0 Å². The molecule has 0 saturated heterocycles. The van der Waals surface area contributed by atoms with Crippen LogP contribution in [0.25, 0.3) is 11.0 Å². The van der Waals surface area contributed by atoms with Crippen LogP contribution >= 0.6 is 11.6 Å². The summed E-state index contributed by atoms with van der Waals surface area (Å²) in [4.78, 5) is 29.2. The van der Waals surface area contributed by atoms with Crippen LogP contribution < -0.4 is 15.1 Å². The Morgan fingerprint density at radius 3 is 2.44 bits per heavy atom. The zero-order valence-corrected chi connectivity index (χ0v) is 21.4. The van der Waals surface area contributed by atoms with E-state index in [9.17, 15) is 9.59 Å². The number of anilines is 1. The van der Waals surface area contributed by atoms with Crippen LogP contribution in [0.1, 0.15) is 65.0 Å². The Labute approximate surface area is 215 Å². The lowest BCUT2D eigenvalue weighted by Crippen LogP contribution is -2.29. The molecule has 5 nitrogen and oxygen atoms in total. The second-order valence-electron chi connectivity index (χ2n) is 9.29. The molecule has 5 rings (SSSR count). The predicted octanol–water partition coefficient (Wildman–Crippen LogP) is 7.38. The molecule has 0 aliphatic carbocycles. The molecule has 36 heavy (non-hydrogen) atoms. The van der Waals surface area contributed by atoms with Crippen LogP contribution in [-0.2, 0) is 0 Å². The van der Waals surface area contributed by atoms with Gasteiger partial charge in [0.15, 0.2) is 5.43 Å². The molecule has 1 aliphatic rings. The van der Waals surface area contributed by atoms with E-state index in [0.717, 1.165) is 41.7 Å². The fourth-order valence-corrected chi connectivity index (χ4v) is 4.86. The van der Waals surface area contributed by atoms with Crippen molar-refractivity contribution in [2.75, 3.05) is 11.5 Å². The van der Waals surface area contributed by atoms with Crippen LogP contribution in [0, 0.1) is 13.8 Å². The highest BCUT2D eigenvalue weighted by atomic mass is 35.5. The molecule has 0 bridgehead atoms. The molecular weight excluding hydrogens is 474 g/mol. The fourth-order valence-electron chi connectivity index (χ4n) is 4.69. The van der Waals surface area contributed by atoms with Crippen molar-refractivity contribution in [1.29, 1.82) is 0 Å². The van der Waals surface area contributed by atoms with Crippen molar-refractivity contribution in [2.24, 2.45) is 0 Å². The quantitative estimate of drug-likeness (QED) is 0.248. The number of ether oxygens (including phenoxy) is 1. The smallest absolute Gasteiger partial charge is 0.295 e. The molecule has 1 unspecified atom stereocenters. The number of halogens is 1. The number of aryl methyl sites for hydroxylation is 2. The van der Waals surface area contributed by atoms with Gasteiger partial charge >= 0.3 is 0 Å². The molecular formula is C30H28ClNO4. The lowest BCUT2D eigenvalue weighted by molar-refractivity contribution is 0.0971. The number of unbranched alkanes of at least 4 members (excludes halogenated alkanes) is 2. The van der Waals surface area contributed by atoms with E-state index in [2.05, 4.69) is 6.92 Å². The molecule has 1 atom stereocenters. The molecule has 0 fully saturated rings. The molecule has 0 N–H and O–H groups in total. The molecule has 1 aliphatic heterocycles. The molecule has 1 aromatic heterocycles. The average molecular weight is 502 g/mol. The van der Waals surface area contributed by atoms with E-state index >= 15 is 0 Å². The van der Waals surface area contributed by atoms with Gasteiger partial charge in [-0.05, 0) is 79.4 Å². The summed E-state index contributed by atoms with van der Waals surface area (Å²) in [5, 5.41) is 0.795. The van der Waals surface area contributed by atoms with E-state index in [1.165, 1.54) is 0 Å². The van der Waals surface area contributed by atoms with Crippen molar-refractivity contribution in [1.82, 2.24) is 0 Å². The van der Waals surface area contributed by atoms with Gasteiger partial charge in [-0.2, -0.15) is 0 Å². The second kappa shape index (κ2) is 9.82. The highest BCUT2D eigenvalue weighted by Crippen LogP contribution is 2.42. The maximum atomic E-state index is 13.8. The van der Waals surface area contributed by atoms with E-state index in [-0.39, 0.29) is 17.1 Å². The highest BCUT2D eigenvalue weighted by Gasteiger charge is 2.43. The third-order valence-electron chi connectivity index (χ3n) is 6.81. The fraction of sp³-hybridized carbons (Fsp3) is 0.267. The van der Waals surface area contributed by atoms with Crippen molar-refractivity contribution >= 4 is 34.2 Å². The number of hydrogen-bond acceptors (Lipinski definition) is 4. The summed E-state index contributed by atoms with van der Waals surface area (Å²) in [6.45, 7) is 6.84. The average Bonchev–Trinajstić information content (AvgIpc) is 3.17. The van der Waals surface area contributed by atoms with Gasteiger partial charge in [0.1, 0.15) is 11.3 Å². The van der Waals surface area contributed by atoms with Crippen LogP contribution in [0.4, 0.5) is 5.69 Å². The molecule has 184 valence electrons. The maximum Gasteiger partial charge on any atom is 0.295 e. The first-order valence-electron chi connectivity index (χ1n) is 12.3. The molecule has 3 aromatic carbocycles. The third kappa shape index (κ3) is 4.28. The SMILES string of the molecule is CCCCCOc1ccc(C2c3c(oc4ccc(Cl)cc4c3=O)C(=O)N2c2ccc(C)c(C)c2)cc1. The highest BCUT2D eigenvalue weighted by molar-refractivity contribution is 6.31. The van der Waals surface area contributed by atoms with Crippen molar-refractivity contribution in [3.05, 3.63) is 104 Å². The first kappa shape index (κ1) is 24.1. The molecule has 2 heterocycles. The Hall–Kier alpha value is -3.57. The van der Waals surface area contributed by atoms with Gasteiger partial charge in [-0.3, -0.25) is 14.5 Å². The number of fused-ring (bicyclic) bond motifs is 2. The largest absolute Gasteiger partial charge is 0.494 e. The summed E-state index contributed by atoms with van der Waals surface area (Å²) in [6.07, 6.45) is 3.26. The number of nitrogens with zero attached hydrogens (tertiary/aromatic N) is 1. The number of carbonyl (C=O) groups is 1. The zero-order chi connectivity index (χ0) is 25.4. The Morgan fingerprint density at radius 1 is 0.944 bits per heavy atom. The standard InChI is InChI=1S/C30H28ClNO4/c1-4-5-6-15-35-23-12-8-20(9-13-23)27-26-28(33)24-17-21(31)10-14-25(24)36-29(26)30(34)32(27)22-11-7-18(2)19(3)16-22/h7-14,16-17,27H,4-6,15H2,1-3H3. The Bertz CT molecular complexity index is 1510. The summed E-state index contributed by atoms with van der Waals surface area (Å²) >= 11 is 6.19. The number of carbonyl (C=O) groups excluding carboxylic acids is 1. The molecule has 6 heteroatoms. The lowest BCUT2D eigenvalue weighted by Gasteiger charge is -2.26. The minimum atomic E-state index is -0.636. The molecule has 0 saturated carbocycles. The van der Waals surface area contributed by atoms with Crippen molar-refractivity contribution in [3.63, 3.8) is 0 Å². The monoisotopic (exact) mass is 501 g/mol. The summed E-state index contributed by atoms with van der Waals surface area (Å²) in [5.74, 6) is 0.486. The van der Waals surface area contributed by atoms with Crippen LogP contribution in [0.5, 0.6) is 5.75 Å². The van der Waals surface area contributed by atoms with Crippen LogP contribution in [0.2, 0.25) is 5.02 Å². The molecule has 4 aromatic rings. The van der Waals surface area contributed by atoms with Gasteiger partial charge in [0.25, 0.3) is 5.91 Å². The lowest BCUT2D eigenvalue weighted by atomic mass is 9.98. The summed E-state index contributed by atoms with van der Waals surface area (Å²) < 4.78 is 11.9. The molecule has 0 radical (unpaired) electrons. The van der Waals surface area contributed by atoms with Gasteiger partial charge in [0.05, 0.1) is 23.6 Å². The molecule has 0 spiro atoms. The number of benzene rings is 3. The first-order chi connectivity index (χ1) is 17.4. The van der Waals surface area contributed by atoms with Gasteiger partial charge in [-0.1, -0.05) is 49.6 Å². The minimum Gasteiger partial charge on any atom is -0.494 e. The summed E-state index contributed by atoms with van der Waals surface area (Å²) in [6, 6.07) is 17.7. The van der Waals surface area contributed by atoms with Gasteiger partial charge in [0, 0.05) is 10.7 Å². The minimum absolute atomic E-state index is 0.0675. The van der Waals surface area contributed by atoms with Gasteiger partial charge in [0.2, 0.25) is 5.76 Å². The van der Waals surface area contributed by atoms with Crippen molar-refractivity contribution in [2.45, 2.75) is 46.1 Å². The first-order valence-corrected chi connectivity index (χ1v) is 12.7. The Morgan fingerprint density at radius 2 is 1.72 bits per heavy atom. The predicted molar refractivity (Wildman–Crippen MR) is 144 cm³/mol. The summed E-state index contributed by atoms with van der Waals surface area (Å²) in [5.41, 5.74) is 4.10. The van der Waals surface area contributed by atoms with E-state index in [0.29, 0.717) is 33.8 Å². The van der Waals surface area contributed by atoms with Crippen molar-refractivity contribution in [3.8, 4) is 5.75 Å². The van der Waals surface area contributed by atoms with E-state index in [1.807, 2.05) is 56.3 Å². The van der Waals surface area contributed by atoms with Gasteiger partial charge in [-0.15, -0.1) is 0 Å². The van der Waals surface area contributed by atoms with E-state index < -0.39 is 6.04 Å². The van der Waals surface area contributed by atoms with Crippen LogP contribution in [0.15, 0.2) is 69.9 Å². The number of amides is 1. The van der Waals surface area contributed by atoms with E-state index in [1.54, 1.807) is 23.1 Å². The summed E-state index contributed by atoms with van der Waals surface area (Å²) in [7, 11) is 0. The Kier molecular flexibility index (Phi) is 6.59. The Balaban J connectivity index is 1.64. The second-order valence-corrected chi connectivity index (χ2v) is 9.72. The normalized spacial score (nSPS) is 14.9. The van der Waals surface area contributed by atoms with Gasteiger partial charge in [-0.25, -0.2) is 0 Å². The zero-order valence-electron chi connectivity index (χ0n) is 20.6. The third-order valence-corrected chi connectivity index (χ3v) is 7.05. The van der Waals surface area contributed by atoms with Crippen molar-refractivity contribution < 1.29 is 13.9 Å². The topological polar surface area (TPSA) is 59.8 Å². The number of hydrogen-bond donors (Lipinski definition) is 0. The number of rotatable bonds is 7. The van der Waals surface area contributed by atoms with E-state index in [4.69, 9.17) is 20.8 Å². The molecule has 1 amide bonds. The van der Waals surface area contributed by atoms with Crippen LogP contribution in [-0.4, -0.2) is 12.5 Å². The van der Waals surface area contributed by atoms with Gasteiger partial charge < -0.3 is 9.15 Å².